The first-order chi connectivity index (χ1) is 8.13. The van der Waals surface area contributed by atoms with Gasteiger partial charge in [0.15, 0.2) is 5.82 Å². The minimum absolute atomic E-state index is 0.114. The van der Waals surface area contributed by atoms with Gasteiger partial charge in [0.1, 0.15) is 0 Å². The van der Waals surface area contributed by atoms with E-state index in [4.69, 9.17) is 0 Å². The van der Waals surface area contributed by atoms with Crippen molar-refractivity contribution in [2.24, 2.45) is 13.0 Å². The van der Waals surface area contributed by atoms with Gasteiger partial charge in [0.25, 0.3) is 0 Å². The van der Waals surface area contributed by atoms with E-state index in [9.17, 15) is 4.79 Å². The molecule has 1 aromatic rings. The van der Waals surface area contributed by atoms with Gasteiger partial charge < -0.3 is 10.6 Å². The molecule has 2 bridgehead atoms. The predicted octanol–water partition coefficient (Wildman–Crippen LogP) is 0.808. The van der Waals surface area contributed by atoms with Crippen LogP contribution in [-0.2, 0) is 11.8 Å². The fourth-order valence-corrected chi connectivity index (χ4v) is 2.95. The van der Waals surface area contributed by atoms with Crippen molar-refractivity contribution in [3.63, 3.8) is 0 Å². The minimum Gasteiger partial charge on any atom is -0.310 e. The van der Waals surface area contributed by atoms with E-state index < -0.39 is 0 Å². The first-order valence-corrected chi connectivity index (χ1v) is 6.21. The summed E-state index contributed by atoms with van der Waals surface area (Å²) in [5.41, 5.74) is 1.05. The van der Waals surface area contributed by atoms with Crippen LogP contribution in [0.5, 0.6) is 0 Å². The van der Waals surface area contributed by atoms with Gasteiger partial charge in [-0.2, -0.15) is 5.10 Å². The zero-order chi connectivity index (χ0) is 12.0. The zero-order valence-electron chi connectivity index (χ0n) is 10.2. The van der Waals surface area contributed by atoms with Crippen molar-refractivity contribution in [3.8, 4) is 0 Å². The molecule has 0 saturated carbocycles. The third kappa shape index (κ3) is 1.84. The Morgan fingerprint density at radius 1 is 1.59 bits per heavy atom. The molecule has 3 unspecified atom stereocenters. The van der Waals surface area contributed by atoms with Crippen molar-refractivity contribution in [1.82, 2.24) is 15.1 Å². The largest absolute Gasteiger partial charge is 0.310 e. The molecule has 2 N–H and O–H groups in total. The monoisotopic (exact) mass is 234 g/mol. The van der Waals surface area contributed by atoms with Gasteiger partial charge in [-0.3, -0.25) is 9.48 Å². The summed E-state index contributed by atoms with van der Waals surface area (Å²) in [4.78, 5) is 12.1. The van der Waals surface area contributed by atoms with Crippen molar-refractivity contribution in [1.29, 1.82) is 0 Å². The van der Waals surface area contributed by atoms with Crippen LogP contribution in [-0.4, -0.2) is 27.8 Å². The predicted molar refractivity (Wildman–Crippen MR) is 64.6 cm³/mol. The van der Waals surface area contributed by atoms with E-state index in [2.05, 4.69) is 15.7 Å². The van der Waals surface area contributed by atoms with Crippen molar-refractivity contribution < 1.29 is 4.79 Å². The lowest BCUT2D eigenvalue weighted by atomic mass is 9.88. The first-order valence-electron chi connectivity index (χ1n) is 6.21. The molecule has 2 saturated heterocycles. The van der Waals surface area contributed by atoms with Gasteiger partial charge in [-0.1, -0.05) is 0 Å². The van der Waals surface area contributed by atoms with E-state index in [0.29, 0.717) is 17.9 Å². The van der Waals surface area contributed by atoms with Gasteiger partial charge in [-0.15, -0.1) is 0 Å². The SMILES string of the molecule is Cc1cc(NC(=O)C2CC3CCC2N3)nn1C. The maximum atomic E-state index is 12.1. The van der Waals surface area contributed by atoms with E-state index in [1.54, 1.807) is 4.68 Å². The van der Waals surface area contributed by atoms with Crippen LogP contribution in [0.4, 0.5) is 5.82 Å². The smallest absolute Gasteiger partial charge is 0.230 e. The minimum atomic E-state index is 0.114. The number of carbonyl (C=O) groups excluding carboxylic acids is 1. The number of nitrogens with zero attached hydrogens (tertiary/aromatic N) is 2. The quantitative estimate of drug-likeness (QED) is 0.796. The third-order valence-corrected chi connectivity index (χ3v) is 4.00. The van der Waals surface area contributed by atoms with Crippen LogP contribution in [0.1, 0.15) is 25.0 Å². The molecule has 3 rings (SSSR count). The Labute approximate surface area is 101 Å². The number of carbonyl (C=O) groups is 1. The Bertz CT molecular complexity index is 434. The van der Waals surface area contributed by atoms with E-state index in [1.807, 2.05) is 20.0 Å². The van der Waals surface area contributed by atoms with E-state index in [1.165, 1.54) is 6.42 Å². The number of amides is 1. The molecule has 3 atom stereocenters. The standard InChI is InChI=1S/C12H18N4O/c1-7-5-11(15-16(7)2)14-12(17)9-6-8-3-4-10(9)13-8/h5,8-10,13H,3-4,6H2,1-2H3,(H,14,15,17). The fourth-order valence-electron chi connectivity index (χ4n) is 2.95. The summed E-state index contributed by atoms with van der Waals surface area (Å²) in [6, 6.07) is 2.84. The summed E-state index contributed by atoms with van der Waals surface area (Å²) in [5, 5.41) is 10.6. The lowest BCUT2D eigenvalue weighted by molar-refractivity contribution is -0.120. The van der Waals surface area contributed by atoms with Crippen molar-refractivity contribution in [2.45, 2.75) is 38.3 Å². The fraction of sp³-hybridized carbons (Fsp3) is 0.667. The zero-order valence-corrected chi connectivity index (χ0v) is 10.2. The number of hydrogen-bond donors (Lipinski definition) is 2. The molecule has 2 fully saturated rings. The van der Waals surface area contributed by atoms with Gasteiger partial charge >= 0.3 is 0 Å². The highest BCUT2D eigenvalue weighted by Crippen LogP contribution is 2.33. The summed E-state index contributed by atoms with van der Waals surface area (Å²) in [6.45, 7) is 1.97. The first kappa shape index (κ1) is 10.8. The molecule has 17 heavy (non-hydrogen) atoms. The molecule has 2 aliphatic rings. The second-order valence-electron chi connectivity index (χ2n) is 5.17. The lowest BCUT2D eigenvalue weighted by Gasteiger charge is -2.18. The lowest BCUT2D eigenvalue weighted by Crippen LogP contribution is -2.32. The van der Waals surface area contributed by atoms with E-state index >= 15 is 0 Å². The normalized spacial score (nSPS) is 30.8. The number of aromatic nitrogens is 2. The maximum Gasteiger partial charge on any atom is 0.230 e. The van der Waals surface area contributed by atoms with Crippen molar-refractivity contribution >= 4 is 11.7 Å². The molecule has 1 amide bonds. The van der Waals surface area contributed by atoms with Crippen LogP contribution in [0.15, 0.2) is 6.07 Å². The topological polar surface area (TPSA) is 59.0 Å². The molecular formula is C12H18N4O. The second kappa shape index (κ2) is 3.84. The molecule has 0 aliphatic carbocycles. The molecule has 5 nitrogen and oxygen atoms in total. The number of aryl methyl sites for hydroxylation is 2. The summed E-state index contributed by atoms with van der Waals surface area (Å²) >= 11 is 0. The molecule has 0 radical (unpaired) electrons. The molecule has 2 aliphatic heterocycles. The van der Waals surface area contributed by atoms with E-state index in [0.717, 1.165) is 18.5 Å². The van der Waals surface area contributed by atoms with Gasteiger partial charge in [-0.05, 0) is 26.2 Å². The van der Waals surface area contributed by atoms with Crippen LogP contribution >= 0.6 is 0 Å². The van der Waals surface area contributed by atoms with Crippen LogP contribution in [0.25, 0.3) is 0 Å². The summed E-state index contributed by atoms with van der Waals surface area (Å²) in [5.74, 6) is 0.900. The average molecular weight is 234 g/mol. The molecular weight excluding hydrogens is 216 g/mol. The van der Waals surface area contributed by atoms with Crippen LogP contribution in [0, 0.1) is 12.8 Å². The molecule has 5 heteroatoms. The number of fused-ring (bicyclic) bond motifs is 2. The highest BCUT2D eigenvalue weighted by Gasteiger charge is 2.42. The van der Waals surface area contributed by atoms with Crippen LogP contribution in [0.2, 0.25) is 0 Å². The maximum absolute atomic E-state index is 12.1. The Kier molecular flexibility index (Phi) is 2.43. The summed E-state index contributed by atoms with van der Waals surface area (Å²) < 4.78 is 1.77. The molecule has 0 aromatic carbocycles. The van der Waals surface area contributed by atoms with Crippen LogP contribution in [0.3, 0.4) is 0 Å². The number of anilines is 1. The Balaban J connectivity index is 1.67. The van der Waals surface area contributed by atoms with Gasteiger partial charge in [-0.25, -0.2) is 0 Å². The highest BCUT2D eigenvalue weighted by molar-refractivity contribution is 5.92. The Morgan fingerprint density at radius 3 is 2.94 bits per heavy atom. The molecule has 3 heterocycles. The highest BCUT2D eigenvalue weighted by atomic mass is 16.2. The summed E-state index contributed by atoms with van der Waals surface area (Å²) in [6.07, 6.45) is 3.32. The molecule has 92 valence electrons. The van der Waals surface area contributed by atoms with Crippen molar-refractivity contribution in [2.75, 3.05) is 5.32 Å². The van der Waals surface area contributed by atoms with E-state index in [-0.39, 0.29) is 11.8 Å². The van der Waals surface area contributed by atoms with Crippen molar-refractivity contribution in [3.05, 3.63) is 11.8 Å². The van der Waals surface area contributed by atoms with Crippen LogP contribution < -0.4 is 10.6 Å². The average Bonchev–Trinajstić information content (AvgIpc) is 2.95. The van der Waals surface area contributed by atoms with Gasteiger partial charge in [0.2, 0.25) is 5.91 Å². The molecule has 0 spiro atoms. The number of hydrogen-bond acceptors (Lipinski definition) is 3. The second-order valence-corrected chi connectivity index (χ2v) is 5.17. The molecule has 1 aromatic heterocycles. The third-order valence-electron chi connectivity index (χ3n) is 4.00. The number of nitrogens with one attached hydrogen (secondary N) is 2. The van der Waals surface area contributed by atoms with Gasteiger partial charge in [0, 0.05) is 30.9 Å². The Hall–Kier alpha value is -1.36. The Morgan fingerprint density at radius 2 is 2.41 bits per heavy atom. The number of rotatable bonds is 2. The summed E-state index contributed by atoms with van der Waals surface area (Å²) in [7, 11) is 1.88. The van der Waals surface area contributed by atoms with Gasteiger partial charge in [0.05, 0.1) is 5.92 Å².